The van der Waals surface area contributed by atoms with Crippen LogP contribution in [0.1, 0.15) is 0 Å². The van der Waals surface area contributed by atoms with E-state index in [4.69, 9.17) is 8.83 Å². The highest BCUT2D eigenvalue weighted by atomic mass is 32.1. The van der Waals surface area contributed by atoms with Crippen LogP contribution in [0.3, 0.4) is 0 Å². The second-order valence-corrected chi connectivity index (χ2v) is 32.6. The first-order valence-corrected chi connectivity index (χ1v) is 41.9. The third kappa shape index (κ3) is 10.5. The molecular formula is C114H69N3O2S. The van der Waals surface area contributed by atoms with Crippen molar-refractivity contribution in [2.45, 2.75) is 0 Å². The second kappa shape index (κ2) is 27.0. The molecular weight excluding hydrogens is 1480 g/mol. The van der Waals surface area contributed by atoms with Crippen LogP contribution in [0.25, 0.3) is 245 Å². The average Bonchev–Trinajstić information content (AvgIpc) is 1.56. The summed E-state index contributed by atoms with van der Waals surface area (Å²) in [5.41, 5.74) is 21.5. The summed E-state index contributed by atoms with van der Waals surface area (Å²) in [7, 11) is 0. The third-order valence-corrected chi connectivity index (χ3v) is 26.4. The van der Waals surface area contributed by atoms with Gasteiger partial charge < -0.3 is 22.5 Å². The lowest BCUT2D eigenvalue weighted by atomic mass is 10.00. The van der Waals surface area contributed by atoms with Gasteiger partial charge in [-0.1, -0.05) is 328 Å². The van der Waals surface area contributed by atoms with E-state index in [0.717, 1.165) is 77.5 Å². The number of thiophene rings is 1. The van der Waals surface area contributed by atoms with Crippen molar-refractivity contribution in [2.24, 2.45) is 0 Å². The van der Waals surface area contributed by atoms with Crippen LogP contribution in [0.4, 0.5) is 0 Å². The topological polar surface area (TPSA) is 41.1 Å². The summed E-state index contributed by atoms with van der Waals surface area (Å²) < 4.78 is 22.8. The van der Waals surface area contributed by atoms with E-state index in [1.165, 1.54) is 167 Å². The summed E-state index contributed by atoms with van der Waals surface area (Å²) in [5.74, 6) is 0. The number of fused-ring (bicyclic) bond motifs is 30. The number of rotatable bonds is 6. The van der Waals surface area contributed by atoms with Crippen molar-refractivity contribution >= 4 is 205 Å². The van der Waals surface area contributed by atoms with Gasteiger partial charge in [0.15, 0.2) is 0 Å². The summed E-state index contributed by atoms with van der Waals surface area (Å²) in [5, 5.41) is 30.4. The van der Waals surface area contributed by atoms with Gasteiger partial charge in [0.1, 0.15) is 22.3 Å². The zero-order chi connectivity index (χ0) is 78.6. The molecule has 27 aromatic rings. The SMILES string of the molecule is c1ccc(-c2cccc3c2oc2c(-c4ccc(-n5c6ccc7ccccc7c6c6c7ccccc7ccc65)cc4)cccc23)cc1.c1ccc2c(c1)ccc1c2c2c3ccccc3ccc2n1-c1ccc(-c2cccc3c2sc2ccccc23)cc1.c1ccc2c(c1)ccc1c2c2c3ccccc3ccc2n1-c1ccc2oc3ccccc3c2c1. The van der Waals surface area contributed by atoms with Gasteiger partial charge >= 0.3 is 0 Å². The van der Waals surface area contributed by atoms with Crippen LogP contribution in [0.15, 0.2) is 427 Å². The predicted molar refractivity (Wildman–Crippen MR) is 511 cm³/mol. The van der Waals surface area contributed by atoms with Gasteiger partial charge in [0.25, 0.3) is 0 Å². The van der Waals surface area contributed by atoms with Crippen molar-refractivity contribution in [3.63, 3.8) is 0 Å². The van der Waals surface area contributed by atoms with Crippen LogP contribution in [-0.4, -0.2) is 13.7 Å². The summed E-state index contributed by atoms with van der Waals surface area (Å²) in [6, 6.07) is 151. The summed E-state index contributed by atoms with van der Waals surface area (Å²) in [6.07, 6.45) is 0. The van der Waals surface area contributed by atoms with E-state index in [9.17, 15) is 0 Å². The number of hydrogen-bond donors (Lipinski definition) is 0. The minimum atomic E-state index is 0.918. The molecule has 0 unspecified atom stereocenters. The molecule has 0 saturated heterocycles. The lowest BCUT2D eigenvalue weighted by molar-refractivity contribution is 0.669. The Hall–Kier alpha value is -15.6. The molecule has 0 aliphatic heterocycles. The molecule has 0 aliphatic rings. The molecule has 6 heterocycles. The van der Waals surface area contributed by atoms with Crippen LogP contribution in [-0.2, 0) is 0 Å². The Kier molecular flexibility index (Phi) is 15.2. The number of furan rings is 2. The second-order valence-electron chi connectivity index (χ2n) is 31.6. The minimum absolute atomic E-state index is 0.918. The quantitative estimate of drug-likeness (QED) is 0.166. The Labute approximate surface area is 692 Å². The molecule has 6 heteroatoms. The third-order valence-electron chi connectivity index (χ3n) is 25.1. The number of hydrogen-bond acceptors (Lipinski definition) is 3. The molecule has 5 nitrogen and oxygen atoms in total. The van der Waals surface area contributed by atoms with Gasteiger partial charge in [-0.2, -0.15) is 0 Å². The van der Waals surface area contributed by atoms with Crippen molar-refractivity contribution in [3.05, 3.63) is 419 Å². The first-order valence-electron chi connectivity index (χ1n) is 41.1. The van der Waals surface area contributed by atoms with Gasteiger partial charge in [0, 0.05) is 102 Å². The number of nitrogens with zero attached hydrogens (tertiary/aromatic N) is 3. The van der Waals surface area contributed by atoms with Crippen LogP contribution in [0.2, 0.25) is 0 Å². The fraction of sp³-hybridized carbons (Fsp3) is 0. The average molecular weight is 1540 g/mol. The Bertz CT molecular complexity index is 8640. The molecule has 0 spiro atoms. The molecule has 0 bridgehead atoms. The number of benzene rings is 21. The molecule has 120 heavy (non-hydrogen) atoms. The number of aromatic nitrogens is 3. The van der Waals surface area contributed by atoms with E-state index in [2.05, 4.69) is 414 Å². The normalized spacial score (nSPS) is 12.0. The molecule has 21 aromatic carbocycles. The molecule has 0 amide bonds. The van der Waals surface area contributed by atoms with Crippen LogP contribution >= 0.6 is 11.3 Å². The molecule has 27 rings (SSSR count). The molecule has 0 fully saturated rings. The first-order chi connectivity index (χ1) is 59.5. The highest BCUT2D eigenvalue weighted by Crippen LogP contribution is 2.48. The molecule has 0 saturated carbocycles. The van der Waals surface area contributed by atoms with E-state index in [0.29, 0.717) is 0 Å². The van der Waals surface area contributed by atoms with E-state index < -0.39 is 0 Å². The van der Waals surface area contributed by atoms with Gasteiger partial charge in [-0.3, -0.25) is 0 Å². The standard InChI is InChI=1S/C44H27NO.C38H23NS.C32H19NO/c1-2-10-28(11-3-1)35-16-8-18-37-38-19-9-17-36(44(38)46-43(35)37)31-20-24-32(25-21-31)45-39-26-22-29-12-4-6-14-33(29)41(39)42-34-15-7-5-13-30(34)23-27-40(42)45;1-3-10-28-24(8-1)18-22-33-36(28)37-29-11-4-2-9-25(29)19-23-34(37)39(33)27-20-16-26(17-21-27)30-13-7-14-32-31-12-5-6-15-35(31)40-38(30)32;1-3-9-23-20(7-1)13-16-27-31(23)32-24-10-4-2-8-21(24)14-17-28(32)33(27)22-15-18-30-26(19-22)25-11-5-6-12-29(25)34-30/h1-27H;1-23H;1-19H. The van der Waals surface area contributed by atoms with Crippen LogP contribution < -0.4 is 0 Å². The Balaban J connectivity index is 0.000000101. The maximum atomic E-state index is 6.72. The van der Waals surface area contributed by atoms with Crippen LogP contribution in [0.5, 0.6) is 0 Å². The van der Waals surface area contributed by atoms with E-state index >= 15 is 0 Å². The molecule has 0 atom stereocenters. The Morgan fingerprint density at radius 1 is 0.183 bits per heavy atom. The molecule has 0 radical (unpaired) electrons. The van der Waals surface area contributed by atoms with Crippen molar-refractivity contribution < 1.29 is 8.83 Å². The molecule has 558 valence electrons. The van der Waals surface area contributed by atoms with Crippen molar-refractivity contribution in [1.29, 1.82) is 0 Å². The summed E-state index contributed by atoms with van der Waals surface area (Å²) >= 11 is 1.89. The molecule has 0 N–H and O–H groups in total. The lowest BCUT2D eigenvalue weighted by Crippen LogP contribution is -1.94. The smallest absolute Gasteiger partial charge is 0.143 e. The fourth-order valence-corrected chi connectivity index (χ4v) is 21.0. The minimum Gasteiger partial charge on any atom is -0.456 e. The number of para-hydroxylation sites is 3. The highest BCUT2D eigenvalue weighted by molar-refractivity contribution is 7.26. The monoisotopic (exact) mass is 1540 g/mol. The maximum absolute atomic E-state index is 6.72. The fourth-order valence-electron chi connectivity index (χ4n) is 19.8. The Morgan fingerprint density at radius 2 is 0.492 bits per heavy atom. The zero-order valence-corrected chi connectivity index (χ0v) is 65.7. The molecule has 6 aromatic heterocycles. The van der Waals surface area contributed by atoms with Gasteiger partial charge in [0.05, 0.1) is 33.1 Å². The predicted octanol–water partition coefficient (Wildman–Crippen LogP) is 32.4. The Morgan fingerprint density at radius 3 is 0.917 bits per heavy atom. The van der Waals surface area contributed by atoms with E-state index in [1.54, 1.807) is 0 Å². The van der Waals surface area contributed by atoms with Gasteiger partial charge in [-0.25, -0.2) is 0 Å². The van der Waals surface area contributed by atoms with Gasteiger partial charge in [-0.05, 0) is 178 Å². The maximum Gasteiger partial charge on any atom is 0.143 e. The van der Waals surface area contributed by atoms with Crippen molar-refractivity contribution in [1.82, 2.24) is 13.7 Å². The van der Waals surface area contributed by atoms with E-state index in [1.807, 2.05) is 29.5 Å². The van der Waals surface area contributed by atoms with Crippen molar-refractivity contribution in [3.8, 4) is 50.4 Å². The lowest BCUT2D eigenvalue weighted by Gasteiger charge is -2.10. The zero-order valence-electron chi connectivity index (χ0n) is 64.9. The van der Waals surface area contributed by atoms with Crippen molar-refractivity contribution in [2.75, 3.05) is 0 Å². The first kappa shape index (κ1) is 67.7. The van der Waals surface area contributed by atoms with Gasteiger partial charge in [0.2, 0.25) is 0 Å². The highest BCUT2D eigenvalue weighted by Gasteiger charge is 2.24. The van der Waals surface area contributed by atoms with Gasteiger partial charge in [-0.15, -0.1) is 11.3 Å². The van der Waals surface area contributed by atoms with Crippen LogP contribution in [0, 0.1) is 0 Å². The summed E-state index contributed by atoms with van der Waals surface area (Å²) in [6.45, 7) is 0. The largest absolute Gasteiger partial charge is 0.456 e. The molecule has 0 aliphatic carbocycles. The summed E-state index contributed by atoms with van der Waals surface area (Å²) in [4.78, 5) is 0. The van der Waals surface area contributed by atoms with E-state index in [-0.39, 0.29) is 0 Å².